The van der Waals surface area contributed by atoms with Crippen molar-refractivity contribution in [3.63, 3.8) is 0 Å². The van der Waals surface area contributed by atoms with Gasteiger partial charge in [-0.05, 0) is 13.8 Å². The maximum absolute atomic E-state index is 12.0. The number of aliphatic carboxylic acids is 1. The average Bonchev–Trinajstić information content (AvgIpc) is 2.85. The van der Waals surface area contributed by atoms with Crippen molar-refractivity contribution < 1.29 is 24.3 Å². The molecule has 1 unspecified atom stereocenters. The minimum atomic E-state index is -1.21. The lowest BCUT2D eigenvalue weighted by molar-refractivity contribution is -0.144. The summed E-state index contributed by atoms with van der Waals surface area (Å²) in [5, 5.41) is 14.6. The number of carbonyl (C=O) groups is 3. The van der Waals surface area contributed by atoms with E-state index in [1.165, 1.54) is 4.90 Å². The summed E-state index contributed by atoms with van der Waals surface area (Å²) in [5.41, 5.74) is -0.188. The number of hydrogen-bond acceptors (Lipinski definition) is 5. The van der Waals surface area contributed by atoms with Gasteiger partial charge >= 0.3 is 5.97 Å². The zero-order chi connectivity index (χ0) is 14.4. The van der Waals surface area contributed by atoms with E-state index in [0.29, 0.717) is 13.1 Å². The molecule has 0 bridgehead atoms. The summed E-state index contributed by atoms with van der Waals surface area (Å²) in [6, 6.07) is 0. The molecule has 106 valence electrons. The molecular formula is C11H17N3O5. The van der Waals surface area contributed by atoms with Crippen LogP contribution in [0.2, 0.25) is 0 Å². The Morgan fingerprint density at radius 3 is 2.63 bits per heavy atom. The highest BCUT2D eigenvalue weighted by Gasteiger charge is 2.34. The molecule has 1 rings (SSSR count). The quantitative estimate of drug-likeness (QED) is 0.657. The van der Waals surface area contributed by atoms with Gasteiger partial charge < -0.3 is 20.2 Å². The van der Waals surface area contributed by atoms with Gasteiger partial charge in [-0.3, -0.25) is 9.59 Å². The summed E-state index contributed by atoms with van der Waals surface area (Å²) in [6.07, 6.45) is -1.04. The van der Waals surface area contributed by atoms with Crippen LogP contribution in [-0.2, 0) is 19.2 Å². The van der Waals surface area contributed by atoms with Crippen molar-refractivity contribution >= 4 is 23.5 Å². The van der Waals surface area contributed by atoms with Gasteiger partial charge in [0.25, 0.3) is 5.91 Å². The molecule has 0 saturated heterocycles. The summed E-state index contributed by atoms with van der Waals surface area (Å²) in [7, 11) is 0. The lowest BCUT2D eigenvalue weighted by atomic mass is 10.1. The number of carbonyl (C=O) groups excluding carboxylic acids is 2. The molecule has 8 nitrogen and oxygen atoms in total. The van der Waals surface area contributed by atoms with Crippen LogP contribution in [-0.4, -0.2) is 59.2 Å². The number of hydrogen-bond donors (Lipinski definition) is 2. The lowest BCUT2D eigenvalue weighted by Crippen LogP contribution is -2.45. The van der Waals surface area contributed by atoms with Crippen LogP contribution in [0.4, 0.5) is 0 Å². The van der Waals surface area contributed by atoms with Gasteiger partial charge in [-0.15, -0.1) is 0 Å². The van der Waals surface area contributed by atoms with Crippen molar-refractivity contribution in [2.75, 3.05) is 19.6 Å². The lowest BCUT2D eigenvalue weighted by Gasteiger charge is -2.22. The first-order chi connectivity index (χ1) is 8.99. The van der Waals surface area contributed by atoms with E-state index in [1.807, 2.05) is 0 Å². The first kappa shape index (κ1) is 14.9. The van der Waals surface area contributed by atoms with Gasteiger partial charge in [0, 0.05) is 19.5 Å². The number of rotatable bonds is 6. The van der Waals surface area contributed by atoms with E-state index in [0.717, 1.165) is 0 Å². The summed E-state index contributed by atoms with van der Waals surface area (Å²) in [4.78, 5) is 40.2. The van der Waals surface area contributed by atoms with Gasteiger partial charge in [-0.2, -0.15) is 0 Å². The Balaban J connectivity index is 2.56. The minimum Gasteiger partial charge on any atom is -0.477 e. The third-order valence-electron chi connectivity index (χ3n) is 2.59. The molecule has 0 aliphatic carbocycles. The number of nitrogens with one attached hydrogen (secondary N) is 1. The van der Waals surface area contributed by atoms with Crippen molar-refractivity contribution in [2.24, 2.45) is 5.16 Å². The van der Waals surface area contributed by atoms with Crippen molar-refractivity contribution in [1.82, 2.24) is 10.2 Å². The largest absolute Gasteiger partial charge is 0.477 e. The predicted octanol–water partition coefficient (Wildman–Crippen LogP) is -0.799. The fraction of sp³-hybridized carbons (Fsp3) is 0.636. The van der Waals surface area contributed by atoms with Crippen molar-refractivity contribution in [3.05, 3.63) is 0 Å². The van der Waals surface area contributed by atoms with Gasteiger partial charge in [0.15, 0.2) is 5.71 Å². The molecule has 1 atom stereocenters. The third-order valence-corrected chi connectivity index (χ3v) is 2.59. The molecule has 0 aromatic carbocycles. The highest BCUT2D eigenvalue weighted by molar-refractivity contribution is 6.36. The number of amides is 2. The highest BCUT2D eigenvalue weighted by atomic mass is 16.6. The predicted molar refractivity (Wildman–Crippen MR) is 65.5 cm³/mol. The number of nitrogens with zero attached hydrogens (tertiary/aromatic N) is 2. The Bertz CT molecular complexity index is 407. The fourth-order valence-electron chi connectivity index (χ4n) is 1.61. The van der Waals surface area contributed by atoms with Crippen LogP contribution in [0.15, 0.2) is 5.16 Å². The monoisotopic (exact) mass is 271 g/mol. The summed E-state index contributed by atoms with van der Waals surface area (Å²) >= 11 is 0. The van der Waals surface area contributed by atoms with E-state index in [4.69, 9.17) is 9.94 Å². The van der Waals surface area contributed by atoms with E-state index in [1.54, 1.807) is 13.8 Å². The summed E-state index contributed by atoms with van der Waals surface area (Å²) in [6.45, 7) is 4.24. The van der Waals surface area contributed by atoms with E-state index in [9.17, 15) is 14.4 Å². The van der Waals surface area contributed by atoms with Crippen molar-refractivity contribution in [2.45, 2.75) is 26.4 Å². The normalized spacial score (nSPS) is 17.4. The number of likely N-dealkylation sites (N-methyl/N-ethyl adjacent to an activating group) is 2. The van der Waals surface area contributed by atoms with Crippen LogP contribution >= 0.6 is 0 Å². The van der Waals surface area contributed by atoms with Gasteiger partial charge in [0.1, 0.15) is 0 Å². The van der Waals surface area contributed by atoms with Gasteiger partial charge in [-0.1, -0.05) is 5.16 Å². The van der Waals surface area contributed by atoms with Gasteiger partial charge in [-0.25, -0.2) is 4.79 Å². The van der Waals surface area contributed by atoms with Crippen LogP contribution in [0.5, 0.6) is 0 Å². The Kier molecular flexibility index (Phi) is 5.28. The SMILES string of the molecule is CCNC(=O)CN(CC)C(=O)C1CC(C(=O)O)=NO1. The van der Waals surface area contributed by atoms with Gasteiger partial charge in [0.2, 0.25) is 12.0 Å². The fourth-order valence-corrected chi connectivity index (χ4v) is 1.61. The second kappa shape index (κ2) is 6.72. The van der Waals surface area contributed by atoms with Gasteiger partial charge in [0.05, 0.1) is 6.54 Å². The number of oxime groups is 1. The molecule has 0 fully saturated rings. The molecule has 1 heterocycles. The van der Waals surface area contributed by atoms with E-state index in [2.05, 4.69) is 10.5 Å². The number of carboxylic acid groups (broad SMARTS) is 1. The second-order valence-electron chi connectivity index (χ2n) is 3.95. The average molecular weight is 271 g/mol. The molecule has 1 aliphatic heterocycles. The van der Waals surface area contributed by atoms with Crippen molar-refractivity contribution in [1.29, 1.82) is 0 Å². The Labute approximate surface area is 110 Å². The van der Waals surface area contributed by atoms with Crippen LogP contribution in [0.25, 0.3) is 0 Å². The van der Waals surface area contributed by atoms with Crippen LogP contribution in [0, 0.1) is 0 Å². The topological polar surface area (TPSA) is 108 Å². The number of carboxylic acids is 1. The third kappa shape index (κ3) is 3.94. The molecule has 0 aromatic rings. The minimum absolute atomic E-state index is 0.0779. The van der Waals surface area contributed by atoms with E-state index < -0.39 is 18.0 Å². The molecule has 0 spiro atoms. The maximum Gasteiger partial charge on any atom is 0.353 e. The summed E-state index contributed by atoms with van der Waals surface area (Å²) < 4.78 is 0. The zero-order valence-corrected chi connectivity index (χ0v) is 10.9. The van der Waals surface area contributed by atoms with Crippen molar-refractivity contribution in [3.8, 4) is 0 Å². The smallest absolute Gasteiger partial charge is 0.353 e. The molecule has 0 aromatic heterocycles. The highest BCUT2D eigenvalue weighted by Crippen LogP contribution is 2.13. The van der Waals surface area contributed by atoms with Crippen LogP contribution in [0.3, 0.4) is 0 Å². The standard InChI is InChI=1S/C11H17N3O5/c1-3-12-9(15)6-14(4-2)10(16)8-5-7(11(17)18)13-19-8/h8H,3-6H2,1-2H3,(H,12,15)(H,17,18). The maximum atomic E-state index is 12.0. The molecule has 2 N–H and O–H groups in total. The first-order valence-corrected chi connectivity index (χ1v) is 6.01. The Morgan fingerprint density at radius 2 is 2.16 bits per heavy atom. The molecule has 2 amide bonds. The molecule has 0 radical (unpaired) electrons. The molecule has 8 heteroatoms. The van der Waals surface area contributed by atoms with Crippen LogP contribution < -0.4 is 5.32 Å². The molecule has 19 heavy (non-hydrogen) atoms. The zero-order valence-electron chi connectivity index (χ0n) is 10.9. The first-order valence-electron chi connectivity index (χ1n) is 6.01. The summed E-state index contributed by atoms with van der Waals surface area (Å²) in [5.74, 6) is -1.91. The molecule has 1 aliphatic rings. The van der Waals surface area contributed by atoms with E-state index in [-0.39, 0.29) is 24.6 Å². The Morgan fingerprint density at radius 1 is 1.47 bits per heavy atom. The van der Waals surface area contributed by atoms with Crippen LogP contribution in [0.1, 0.15) is 20.3 Å². The second-order valence-corrected chi connectivity index (χ2v) is 3.95. The van der Waals surface area contributed by atoms with E-state index >= 15 is 0 Å². The Hall–Kier alpha value is -2.12. The molecule has 0 saturated carbocycles. The molecular weight excluding hydrogens is 254 g/mol.